The van der Waals surface area contributed by atoms with E-state index in [0.717, 1.165) is 15.3 Å². The van der Waals surface area contributed by atoms with E-state index in [1.54, 1.807) is 24.3 Å². The number of benzene rings is 4. The lowest BCUT2D eigenvalue weighted by molar-refractivity contribution is -0.135. The lowest BCUT2D eigenvalue weighted by atomic mass is 10.1. The lowest BCUT2D eigenvalue weighted by Gasteiger charge is -2.23. The highest BCUT2D eigenvalue weighted by Gasteiger charge is 2.28. The van der Waals surface area contributed by atoms with Crippen LogP contribution in [0.4, 0.5) is 5.69 Å². The number of sulfonamides is 1. The molecule has 11 heteroatoms. The standard InChI is InChI=1S/C26H17Cl2N3O5S/c27-20-12-21(28)14-23(13-20)37(34,35)31(15-24(32)33)22-9-8-17-10-19(7-6-18(17)11-22)25-29-26(36-30-25)16-4-2-1-3-5-16/h1-14H,15H2,(H,32,33). The molecule has 4 aromatic carbocycles. The average Bonchev–Trinajstić information content (AvgIpc) is 3.37. The monoisotopic (exact) mass is 553 g/mol. The summed E-state index contributed by atoms with van der Waals surface area (Å²) in [4.78, 5) is 15.8. The number of hydrogen-bond acceptors (Lipinski definition) is 6. The fraction of sp³-hybridized carbons (Fsp3) is 0.0385. The second-order valence-electron chi connectivity index (χ2n) is 8.05. The first-order chi connectivity index (χ1) is 17.7. The maximum atomic E-state index is 13.4. The van der Waals surface area contributed by atoms with Crippen LogP contribution < -0.4 is 4.31 Å². The lowest BCUT2D eigenvalue weighted by Crippen LogP contribution is -2.35. The van der Waals surface area contributed by atoms with Gasteiger partial charge in [0.25, 0.3) is 15.9 Å². The molecule has 0 aliphatic carbocycles. The molecular formula is C26H17Cl2N3O5S. The SMILES string of the molecule is O=C(O)CN(c1ccc2cc(-c3noc(-c4ccccc4)n3)ccc2c1)S(=O)(=O)c1cc(Cl)cc(Cl)c1. The third-order valence-corrected chi connectivity index (χ3v) is 7.71. The molecule has 0 bridgehead atoms. The van der Waals surface area contributed by atoms with E-state index in [4.69, 9.17) is 27.7 Å². The van der Waals surface area contributed by atoms with Gasteiger partial charge in [-0.15, -0.1) is 0 Å². The van der Waals surface area contributed by atoms with E-state index < -0.39 is 22.5 Å². The van der Waals surface area contributed by atoms with Gasteiger partial charge in [0.1, 0.15) is 6.54 Å². The van der Waals surface area contributed by atoms with Crippen molar-refractivity contribution in [3.63, 3.8) is 0 Å². The molecule has 0 radical (unpaired) electrons. The van der Waals surface area contributed by atoms with E-state index in [1.807, 2.05) is 36.4 Å². The van der Waals surface area contributed by atoms with Crippen molar-refractivity contribution in [2.45, 2.75) is 4.90 Å². The van der Waals surface area contributed by atoms with Crippen molar-refractivity contribution in [1.29, 1.82) is 0 Å². The zero-order chi connectivity index (χ0) is 26.2. The number of carboxylic acids is 1. The van der Waals surface area contributed by atoms with Gasteiger partial charge in [0.05, 0.1) is 10.6 Å². The summed E-state index contributed by atoms with van der Waals surface area (Å²) in [5, 5.41) is 15.2. The van der Waals surface area contributed by atoms with Gasteiger partial charge in [-0.1, -0.05) is 64.8 Å². The topological polar surface area (TPSA) is 114 Å². The summed E-state index contributed by atoms with van der Waals surface area (Å²) in [6, 6.07) is 23.4. The van der Waals surface area contributed by atoms with Crippen LogP contribution in [0.25, 0.3) is 33.6 Å². The van der Waals surface area contributed by atoms with Gasteiger partial charge in [-0.25, -0.2) is 8.42 Å². The Hall–Kier alpha value is -3.92. The first-order valence-electron chi connectivity index (χ1n) is 10.8. The number of halogens is 2. The third-order valence-electron chi connectivity index (χ3n) is 5.52. The van der Waals surface area contributed by atoms with E-state index in [0.29, 0.717) is 22.7 Å². The molecular weight excluding hydrogens is 537 g/mol. The number of rotatable bonds is 7. The summed E-state index contributed by atoms with van der Waals surface area (Å²) in [5.74, 6) is -0.530. The van der Waals surface area contributed by atoms with Crippen molar-refractivity contribution >= 4 is 55.7 Å². The average molecular weight is 554 g/mol. The van der Waals surface area contributed by atoms with Crippen molar-refractivity contribution in [2.24, 2.45) is 0 Å². The molecule has 0 unspecified atom stereocenters. The number of carbonyl (C=O) groups is 1. The van der Waals surface area contributed by atoms with E-state index in [2.05, 4.69) is 10.1 Å². The molecule has 0 saturated heterocycles. The van der Waals surface area contributed by atoms with Gasteiger partial charge in [-0.05, 0) is 59.3 Å². The summed E-state index contributed by atoms with van der Waals surface area (Å²) in [5.41, 5.74) is 1.67. The smallest absolute Gasteiger partial charge is 0.324 e. The van der Waals surface area contributed by atoms with Crippen LogP contribution in [-0.2, 0) is 14.8 Å². The highest BCUT2D eigenvalue weighted by molar-refractivity contribution is 7.92. The van der Waals surface area contributed by atoms with E-state index in [-0.39, 0.29) is 20.6 Å². The summed E-state index contributed by atoms with van der Waals surface area (Å²) >= 11 is 12.0. The first-order valence-corrected chi connectivity index (χ1v) is 13.0. The molecule has 5 aromatic rings. The van der Waals surface area contributed by atoms with Crippen molar-refractivity contribution < 1.29 is 22.8 Å². The second-order valence-corrected chi connectivity index (χ2v) is 10.8. The Balaban J connectivity index is 1.51. The fourth-order valence-corrected chi connectivity index (χ4v) is 5.94. The maximum Gasteiger partial charge on any atom is 0.324 e. The Labute approximate surface area is 221 Å². The summed E-state index contributed by atoms with van der Waals surface area (Å²) < 4.78 is 33.0. The molecule has 37 heavy (non-hydrogen) atoms. The fourth-order valence-electron chi connectivity index (χ4n) is 3.81. The van der Waals surface area contributed by atoms with Gasteiger partial charge < -0.3 is 9.63 Å². The molecule has 0 spiro atoms. The van der Waals surface area contributed by atoms with Gasteiger partial charge >= 0.3 is 5.97 Å². The van der Waals surface area contributed by atoms with Gasteiger partial charge in [-0.2, -0.15) is 4.98 Å². The number of carboxylic acid groups (broad SMARTS) is 1. The Kier molecular flexibility index (Phi) is 6.59. The number of aromatic nitrogens is 2. The quantitative estimate of drug-likeness (QED) is 0.257. The Morgan fingerprint density at radius 1 is 0.865 bits per heavy atom. The Morgan fingerprint density at radius 3 is 2.24 bits per heavy atom. The van der Waals surface area contributed by atoms with Crippen LogP contribution in [0, 0.1) is 0 Å². The van der Waals surface area contributed by atoms with E-state index >= 15 is 0 Å². The van der Waals surface area contributed by atoms with Crippen LogP contribution in [0.5, 0.6) is 0 Å². The van der Waals surface area contributed by atoms with Crippen molar-refractivity contribution in [3.05, 3.63) is 95.0 Å². The first kappa shape index (κ1) is 24.8. The van der Waals surface area contributed by atoms with Crippen LogP contribution in [0.2, 0.25) is 10.0 Å². The minimum absolute atomic E-state index is 0.115. The summed E-state index contributed by atoms with van der Waals surface area (Å²) in [6.45, 7) is -0.790. The Morgan fingerprint density at radius 2 is 1.54 bits per heavy atom. The predicted octanol–water partition coefficient (Wildman–Crippen LogP) is 6.14. The van der Waals surface area contributed by atoms with Crippen molar-refractivity contribution in [2.75, 3.05) is 10.8 Å². The second kappa shape index (κ2) is 9.85. The van der Waals surface area contributed by atoms with E-state index in [9.17, 15) is 18.3 Å². The molecule has 186 valence electrons. The molecule has 1 heterocycles. The molecule has 0 amide bonds. The maximum absolute atomic E-state index is 13.4. The molecule has 1 N–H and O–H groups in total. The van der Waals surface area contributed by atoms with Crippen LogP contribution in [0.15, 0.2) is 94.3 Å². The largest absolute Gasteiger partial charge is 0.480 e. The van der Waals surface area contributed by atoms with Gasteiger partial charge in [0, 0.05) is 21.2 Å². The number of hydrogen-bond donors (Lipinski definition) is 1. The van der Waals surface area contributed by atoms with Gasteiger partial charge in [0.15, 0.2) is 0 Å². The third kappa shape index (κ3) is 5.15. The van der Waals surface area contributed by atoms with E-state index in [1.165, 1.54) is 24.3 Å². The number of nitrogens with zero attached hydrogens (tertiary/aromatic N) is 3. The van der Waals surface area contributed by atoms with Crippen molar-refractivity contribution in [3.8, 4) is 22.8 Å². The minimum Gasteiger partial charge on any atom is -0.480 e. The predicted molar refractivity (Wildman–Crippen MR) is 141 cm³/mol. The summed E-state index contributed by atoms with van der Waals surface area (Å²) in [6.07, 6.45) is 0. The van der Waals surface area contributed by atoms with Crippen LogP contribution >= 0.6 is 23.2 Å². The van der Waals surface area contributed by atoms with Gasteiger partial charge in [0.2, 0.25) is 5.82 Å². The Bertz CT molecular complexity index is 1720. The van der Waals surface area contributed by atoms with Crippen LogP contribution in [0.1, 0.15) is 0 Å². The zero-order valence-electron chi connectivity index (χ0n) is 18.9. The number of aliphatic carboxylic acids is 1. The molecule has 0 aliphatic heterocycles. The molecule has 5 rings (SSSR count). The van der Waals surface area contributed by atoms with Crippen LogP contribution in [-0.4, -0.2) is 36.2 Å². The zero-order valence-corrected chi connectivity index (χ0v) is 21.2. The molecule has 0 aliphatic rings. The number of anilines is 1. The summed E-state index contributed by atoms with van der Waals surface area (Å²) in [7, 11) is -4.29. The van der Waals surface area contributed by atoms with Gasteiger partial charge in [-0.3, -0.25) is 9.10 Å². The molecule has 0 saturated carbocycles. The molecule has 0 fully saturated rings. The number of fused-ring (bicyclic) bond motifs is 1. The highest BCUT2D eigenvalue weighted by Crippen LogP contribution is 2.32. The molecule has 0 atom stereocenters. The van der Waals surface area contributed by atoms with Crippen molar-refractivity contribution in [1.82, 2.24) is 10.1 Å². The molecule has 1 aromatic heterocycles. The highest BCUT2D eigenvalue weighted by atomic mass is 35.5. The normalized spacial score (nSPS) is 11.5. The minimum atomic E-state index is -4.29. The molecule has 8 nitrogen and oxygen atoms in total. The van der Waals surface area contributed by atoms with Crippen LogP contribution in [0.3, 0.4) is 0 Å².